The molecule has 4 N–H and O–H groups in total. The second-order valence-electron chi connectivity index (χ2n) is 5.96. The normalized spacial score (nSPS) is 14.9. The minimum atomic E-state index is -0.841. The Hall–Kier alpha value is -4.14. The number of urea groups is 1. The van der Waals surface area contributed by atoms with Crippen LogP contribution in [0.5, 0.6) is 11.5 Å². The highest BCUT2D eigenvalue weighted by atomic mass is 16.4. The Kier molecular flexibility index (Phi) is 6.70. The highest BCUT2D eigenvalue weighted by Gasteiger charge is 2.35. The average molecular weight is 398 g/mol. The molecule has 1 heterocycles. The quantitative estimate of drug-likeness (QED) is 0.456. The Labute approximate surface area is 165 Å². The van der Waals surface area contributed by atoms with Gasteiger partial charge in [-0.1, -0.05) is 30.3 Å². The summed E-state index contributed by atoms with van der Waals surface area (Å²) in [5.41, 5.74) is 0.619. The van der Waals surface area contributed by atoms with Gasteiger partial charge < -0.3 is 15.3 Å². The third-order valence-electron chi connectivity index (χ3n) is 3.68. The number of phenols is 2. The SMILES string of the molecule is CC(=O)O.O=C1NC(=O)N(Cc2ccccc2)C(=O)/C1=C\c1ccc(O)cc1O. The van der Waals surface area contributed by atoms with Gasteiger partial charge in [0.15, 0.2) is 0 Å². The summed E-state index contributed by atoms with van der Waals surface area (Å²) in [4.78, 5) is 46.5. The maximum Gasteiger partial charge on any atom is 0.331 e. The number of nitrogens with one attached hydrogen (secondary N) is 1. The van der Waals surface area contributed by atoms with E-state index in [1.54, 1.807) is 24.3 Å². The van der Waals surface area contributed by atoms with Crippen molar-refractivity contribution in [2.24, 2.45) is 0 Å². The number of carboxylic acid groups (broad SMARTS) is 1. The van der Waals surface area contributed by atoms with Crippen molar-refractivity contribution in [2.45, 2.75) is 13.5 Å². The van der Waals surface area contributed by atoms with Gasteiger partial charge in [0, 0.05) is 18.6 Å². The lowest BCUT2D eigenvalue weighted by atomic mass is 10.1. The molecule has 0 saturated carbocycles. The van der Waals surface area contributed by atoms with Crippen LogP contribution in [0.3, 0.4) is 0 Å². The number of amides is 4. The Balaban J connectivity index is 0.000000687. The minimum absolute atomic E-state index is 0.0116. The van der Waals surface area contributed by atoms with Gasteiger partial charge in [-0.05, 0) is 23.8 Å². The van der Waals surface area contributed by atoms with Crippen LogP contribution in [-0.4, -0.2) is 44.0 Å². The van der Waals surface area contributed by atoms with Crippen LogP contribution in [0.1, 0.15) is 18.1 Å². The van der Waals surface area contributed by atoms with Crippen LogP contribution < -0.4 is 5.32 Å². The fraction of sp³-hybridized carbons (Fsp3) is 0.100. The zero-order valence-electron chi connectivity index (χ0n) is 15.3. The molecule has 150 valence electrons. The highest BCUT2D eigenvalue weighted by Crippen LogP contribution is 2.26. The summed E-state index contributed by atoms with van der Waals surface area (Å²) in [6, 6.07) is 11.8. The molecule has 0 spiro atoms. The molecule has 0 unspecified atom stereocenters. The molecule has 2 aromatic rings. The molecule has 0 aromatic heterocycles. The van der Waals surface area contributed by atoms with E-state index in [0.717, 1.165) is 23.5 Å². The van der Waals surface area contributed by atoms with Crippen molar-refractivity contribution in [3.63, 3.8) is 0 Å². The highest BCUT2D eigenvalue weighted by molar-refractivity contribution is 6.31. The molecule has 4 amide bonds. The third-order valence-corrected chi connectivity index (χ3v) is 3.68. The third kappa shape index (κ3) is 5.67. The zero-order chi connectivity index (χ0) is 21.6. The molecule has 1 aliphatic heterocycles. The number of rotatable bonds is 3. The first-order valence-corrected chi connectivity index (χ1v) is 8.33. The van der Waals surface area contributed by atoms with E-state index in [4.69, 9.17) is 9.90 Å². The van der Waals surface area contributed by atoms with Crippen LogP contribution in [0.25, 0.3) is 6.08 Å². The molecule has 9 nitrogen and oxygen atoms in total. The van der Waals surface area contributed by atoms with Crippen LogP contribution in [0, 0.1) is 0 Å². The van der Waals surface area contributed by atoms with Crippen molar-refractivity contribution >= 4 is 29.9 Å². The monoisotopic (exact) mass is 398 g/mol. The summed E-state index contributed by atoms with van der Waals surface area (Å²) in [6.07, 6.45) is 1.18. The first-order chi connectivity index (χ1) is 13.7. The van der Waals surface area contributed by atoms with Gasteiger partial charge in [-0.15, -0.1) is 0 Å². The molecular weight excluding hydrogens is 380 g/mol. The number of hydrogen-bond acceptors (Lipinski definition) is 6. The van der Waals surface area contributed by atoms with E-state index in [-0.39, 0.29) is 29.2 Å². The Bertz CT molecular complexity index is 980. The van der Waals surface area contributed by atoms with E-state index >= 15 is 0 Å². The molecule has 0 bridgehead atoms. The molecule has 1 aliphatic rings. The first kappa shape index (κ1) is 21.2. The van der Waals surface area contributed by atoms with E-state index in [2.05, 4.69) is 5.32 Å². The summed E-state index contributed by atoms with van der Waals surface area (Å²) < 4.78 is 0. The number of barbiturate groups is 1. The fourth-order valence-electron chi connectivity index (χ4n) is 2.41. The second-order valence-corrected chi connectivity index (χ2v) is 5.96. The lowest BCUT2D eigenvalue weighted by molar-refractivity contribution is -0.134. The van der Waals surface area contributed by atoms with Crippen molar-refractivity contribution in [1.29, 1.82) is 0 Å². The number of carbonyl (C=O) groups excluding carboxylic acids is 3. The number of aromatic hydroxyl groups is 2. The van der Waals surface area contributed by atoms with Crippen LogP contribution in [0.2, 0.25) is 0 Å². The summed E-state index contributed by atoms with van der Waals surface area (Å²) in [5, 5.41) is 28.7. The summed E-state index contributed by atoms with van der Waals surface area (Å²) in [5.74, 6) is -2.88. The summed E-state index contributed by atoms with van der Waals surface area (Å²) in [7, 11) is 0. The van der Waals surface area contributed by atoms with Crippen LogP contribution >= 0.6 is 0 Å². The molecule has 0 radical (unpaired) electrons. The predicted molar refractivity (Wildman–Crippen MR) is 102 cm³/mol. The largest absolute Gasteiger partial charge is 0.508 e. The van der Waals surface area contributed by atoms with Crippen LogP contribution in [-0.2, 0) is 20.9 Å². The topological polar surface area (TPSA) is 144 Å². The standard InChI is InChI=1S/C18H14N2O5.C2H4O2/c21-13-7-6-12(15(22)9-13)8-14-16(23)19-18(25)20(17(14)24)10-11-4-2-1-3-5-11;1-2(3)4/h1-9,21-22H,10H2,(H,19,23,25);1H3,(H,3,4)/b14-8-;. The van der Waals surface area contributed by atoms with E-state index in [1.807, 2.05) is 6.07 Å². The minimum Gasteiger partial charge on any atom is -0.508 e. The van der Waals surface area contributed by atoms with E-state index in [9.17, 15) is 24.6 Å². The van der Waals surface area contributed by atoms with Gasteiger partial charge in [0.05, 0.1) is 6.54 Å². The first-order valence-electron chi connectivity index (χ1n) is 8.33. The molecule has 0 aliphatic carbocycles. The number of nitrogens with zero attached hydrogens (tertiary/aromatic N) is 1. The number of benzene rings is 2. The van der Waals surface area contributed by atoms with E-state index in [1.165, 1.54) is 18.2 Å². The average Bonchev–Trinajstić information content (AvgIpc) is 2.64. The maximum atomic E-state index is 12.6. The van der Waals surface area contributed by atoms with Gasteiger partial charge in [-0.3, -0.25) is 24.6 Å². The number of hydrogen-bond donors (Lipinski definition) is 4. The van der Waals surface area contributed by atoms with Gasteiger partial charge in [-0.2, -0.15) is 0 Å². The predicted octanol–water partition coefficient (Wildman–Crippen LogP) is 1.85. The number of imide groups is 2. The van der Waals surface area contributed by atoms with Crippen molar-refractivity contribution in [3.05, 3.63) is 65.2 Å². The number of phenolic OH excluding ortho intramolecular Hbond substituents is 2. The second kappa shape index (κ2) is 9.18. The molecule has 1 saturated heterocycles. The molecular formula is C20H18N2O7. The van der Waals surface area contributed by atoms with Crippen LogP contribution in [0.15, 0.2) is 54.1 Å². The molecule has 29 heavy (non-hydrogen) atoms. The van der Waals surface area contributed by atoms with Gasteiger partial charge in [0.2, 0.25) is 0 Å². The lowest BCUT2D eigenvalue weighted by Crippen LogP contribution is -2.53. The van der Waals surface area contributed by atoms with Gasteiger partial charge in [0.1, 0.15) is 17.1 Å². The van der Waals surface area contributed by atoms with E-state index < -0.39 is 23.8 Å². The van der Waals surface area contributed by atoms with Gasteiger partial charge in [0.25, 0.3) is 17.8 Å². The van der Waals surface area contributed by atoms with Crippen molar-refractivity contribution < 1.29 is 34.5 Å². The van der Waals surface area contributed by atoms with Crippen LogP contribution in [0.4, 0.5) is 4.79 Å². The summed E-state index contributed by atoms with van der Waals surface area (Å²) in [6.45, 7) is 1.09. The molecule has 0 atom stereocenters. The number of carboxylic acids is 1. The zero-order valence-corrected chi connectivity index (χ0v) is 15.3. The number of carbonyl (C=O) groups is 4. The Morgan fingerprint density at radius 3 is 2.28 bits per heavy atom. The van der Waals surface area contributed by atoms with Gasteiger partial charge in [-0.25, -0.2) is 4.79 Å². The molecule has 9 heteroatoms. The molecule has 2 aromatic carbocycles. The number of aliphatic carboxylic acids is 1. The van der Waals surface area contributed by atoms with Gasteiger partial charge >= 0.3 is 6.03 Å². The molecule has 3 rings (SSSR count). The van der Waals surface area contributed by atoms with Crippen molar-refractivity contribution in [1.82, 2.24) is 10.2 Å². The molecule has 1 fully saturated rings. The van der Waals surface area contributed by atoms with E-state index in [0.29, 0.717) is 0 Å². The Morgan fingerprint density at radius 2 is 1.69 bits per heavy atom. The van der Waals surface area contributed by atoms with Crippen molar-refractivity contribution in [2.75, 3.05) is 0 Å². The fourth-order valence-corrected chi connectivity index (χ4v) is 2.41. The Morgan fingerprint density at radius 1 is 1.07 bits per heavy atom. The summed E-state index contributed by atoms with van der Waals surface area (Å²) >= 11 is 0. The lowest BCUT2D eigenvalue weighted by Gasteiger charge is -2.26. The van der Waals surface area contributed by atoms with Crippen molar-refractivity contribution in [3.8, 4) is 11.5 Å². The smallest absolute Gasteiger partial charge is 0.331 e. The maximum absolute atomic E-state index is 12.6.